The van der Waals surface area contributed by atoms with Crippen LogP contribution < -0.4 is 11.1 Å². The zero-order valence-corrected chi connectivity index (χ0v) is 12.2. The molecule has 0 atom stereocenters. The number of carbonyl (C=O) groups is 1. The molecule has 0 aliphatic rings. The van der Waals surface area contributed by atoms with Gasteiger partial charge in [0.25, 0.3) is 0 Å². The van der Waals surface area contributed by atoms with Crippen LogP contribution in [0.5, 0.6) is 0 Å². The minimum atomic E-state index is -0.138. The van der Waals surface area contributed by atoms with Gasteiger partial charge < -0.3 is 11.1 Å². The molecule has 2 aromatic rings. The maximum atomic E-state index is 12.0. The molecule has 0 aliphatic carbocycles. The van der Waals surface area contributed by atoms with Gasteiger partial charge in [0.15, 0.2) is 0 Å². The Morgan fingerprint density at radius 2 is 2.00 bits per heavy atom. The highest BCUT2D eigenvalue weighted by atomic mass is 35.5. The van der Waals surface area contributed by atoms with Gasteiger partial charge in [-0.25, -0.2) is 0 Å². The molecule has 5 nitrogen and oxygen atoms in total. The van der Waals surface area contributed by atoms with Crippen molar-refractivity contribution in [3.63, 3.8) is 0 Å². The van der Waals surface area contributed by atoms with Gasteiger partial charge in [0.2, 0.25) is 5.91 Å². The molecular formula is C14H17ClN4O. The summed E-state index contributed by atoms with van der Waals surface area (Å²) in [7, 11) is 0. The normalized spacial score (nSPS) is 10.6. The molecule has 2 rings (SSSR count). The van der Waals surface area contributed by atoms with Gasteiger partial charge in [-0.3, -0.25) is 9.48 Å². The van der Waals surface area contributed by atoms with E-state index in [1.165, 1.54) is 0 Å². The van der Waals surface area contributed by atoms with Crippen LogP contribution in [0.15, 0.2) is 24.3 Å². The zero-order chi connectivity index (χ0) is 14.7. The van der Waals surface area contributed by atoms with E-state index >= 15 is 0 Å². The number of aromatic nitrogens is 2. The molecule has 0 fully saturated rings. The third-order valence-electron chi connectivity index (χ3n) is 3.16. The lowest BCUT2D eigenvalue weighted by atomic mass is 10.2. The van der Waals surface area contributed by atoms with E-state index in [4.69, 9.17) is 17.3 Å². The highest BCUT2D eigenvalue weighted by Crippen LogP contribution is 2.14. The molecule has 6 heteroatoms. The van der Waals surface area contributed by atoms with Crippen LogP contribution >= 0.6 is 11.6 Å². The molecule has 0 unspecified atom stereocenters. The number of anilines is 1. The third-order valence-corrected chi connectivity index (χ3v) is 3.41. The van der Waals surface area contributed by atoms with Crippen LogP contribution in [0.25, 0.3) is 0 Å². The Hall–Kier alpha value is -1.85. The summed E-state index contributed by atoms with van der Waals surface area (Å²) in [5, 5.41) is 7.77. The van der Waals surface area contributed by atoms with Gasteiger partial charge in [0, 0.05) is 28.5 Å². The number of rotatable bonds is 4. The Morgan fingerprint density at radius 1 is 1.35 bits per heavy atom. The van der Waals surface area contributed by atoms with Crippen molar-refractivity contribution in [3.8, 4) is 0 Å². The van der Waals surface area contributed by atoms with Crippen LogP contribution in [0.2, 0.25) is 5.02 Å². The first-order chi connectivity index (χ1) is 9.51. The summed E-state index contributed by atoms with van der Waals surface area (Å²) in [6.45, 7) is 4.40. The molecule has 0 saturated carbocycles. The van der Waals surface area contributed by atoms with E-state index in [1.807, 2.05) is 13.8 Å². The van der Waals surface area contributed by atoms with Crippen molar-refractivity contribution < 1.29 is 4.79 Å². The smallest absolute Gasteiger partial charge is 0.246 e. The van der Waals surface area contributed by atoms with Crippen molar-refractivity contribution in [2.75, 3.05) is 5.32 Å². The maximum absolute atomic E-state index is 12.0. The number of halogens is 1. The molecule has 1 amide bonds. The first-order valence-electron chi connectivity index (χ1n) is 6.29. The molecule has 0 saturated heterocycles. The Bertz CT molecular complexity index is 619. The van der Waals surface area contributed by atoms with Gasteiger partial charge in [0.1, 0.15) is 6.54 Å². The molecule has 1 heterocycles. The number of carbonyl (C=O) groups excluding carboxylic acids is 1. The minimum Gasteiger partial charge on any atom is -0.326 e. The SMILES string of the molecule is Cc1nn(CC(=O)Nc2ccc(Cl)cc2)c(C)c1CN. The highest BCUT2D eigenvalue weighted by Gasteiger charge is 2.12. The van der Waals surface area contributed by atoms with E-state index in [-0.39, 0.29) is 12.5 Å². The largest absolute Gasteiger partial charge is 0.326 e. The van der Waals surface area contributed by atoms with Crippen molar-refractivity contribution >= 4 is 23.2 Å². The van der Waals surface area contributed by atoms with Gasteiger partial charge in [-0.1, -0.05) is 11.6 Å². The molecule has 3 N–H and O–H groups in total. The Morgan fingerprint density at radius 3 is 2.55 bits per heavy atom. The second kappa shape index (κ2) is 6.07. The Balaban J connectivity index is 2.06. The second-order valence-electron chi connectivity index (χ2n) is 4.57. The third kappa shape index (κ3) is 3.18. The van der Waals surface area contributed by atoms with Crippen LogP contribution in [0.1, 0.15) is 17.0 Å². The van der Waals surface area contributed by atoms with Crippen LogP contribution in [-0.2, 0) is 17.9 Å². The van der Waals surface area contributed by atoms with Crippen molar-refractivity contribution in [2.24, 2.45) is 5.73 Å². The highest BCUT2D eigenvalue weighted by molar-refractivity contribution is 6.30. The van der Waals surface area contributed by atoms with Gasteiger partial charge in [-0.05, 0) is 38.1 Å². The van der Waals surface area contributed by atoms with Crippen LogP contribution in [0, 0.1) is 13.8 Å². The fraction of sp³-hybridized carbons (Fsp3) is 0.286. The minimum absolute atomic E-state index is 0.138. The van der Waals surface area contributed by atoms with E-state index in [0.717, 1.165) is 17.0 Å². The predicted octanol–water partition coefficient (Wildman–Crippen LogP) is 2.25. The van der Waals surface area contributed by atoms with Crippen molar-refractivity contribution in [2.45, 2.75) is 26.9 Å². The summed E-state index contributed by atoms with van der Waals surface area (Å²) in [6, 6.07) is 6.97. The van der Waals surface area contributed by atoms with E-state index in [2.05, 4.69) is 10.4 Å². The summed E-state index contributed by atoms with van der Waals surface area (Å²) in [4.78, 5) is 12.0. The number of hydrogen-bond acceptors (Lipinski definition) is 3. The van der Waals surface area contributed by atoms with E-state index < -0.39 is 0 Å². The molecule has 0 spiro atoms. The number of aryl methyl sites for hydroxylation is 1. The van der Waals surface area contributed by atoms with Crippen LogP contribution in [0.4, 0.5) is 5.69 Å². The predicted molar refractivity (Wildman–Crippen MR) is 79.7 cm³/mol. The number of hydrogen-bond donors (Lipinski definition) is 2. The van der Waals surface area contributed by atoms with Gasteiger partial charge in [0.05, 0.1) is 5.69 Å². The molecule has 20 heavy (non-hydrogen) atoms. The monoisotopic (exact) mass is 292 g/mol. The summed E-state index contributed by atoms with van der Waals surface area (Å²) in [5.41, 5.74) is 9.16. The molecule has 0 bridgehead atoms. The standard InChI is InChI=1S/C14H17ClN4O/c1-9-13(7-16)10(2)19(18-9)8-14(20)17-12-5-3-11(15)4-6-12/h3-6H,7-8,16H2,1-2H3,(H,17,20). The number of nitrogens with zero attached hydrogens (tertiary/aromatic N) is 2. The lowest BCUT2D eigenvalue weighted by Gasteiger charge is -2.07. The molecule has 0 radical (unpaired) electrons. The molecule has 1 aromatic carbocycles. The lowest BCUT2D eigenvalue weighted by molar-refractivity contribution is -0.116. The molecule has 106 valence electrons. The summed E-state index contributed by atoms with van der Waals surface area (Å²) < 4.78 is 1.67. The summed E-state index contributed by atoms with van der Waals surface area (Å²) in [5.74, 6) is -0.138. The quantitative estimate of drug-likeness (QED) is 0.908. The fourth-order valence-corrected chi connectivity index (χ4v) is 2.18. The average molecular weight is 293 g/mol. The summed E-state index contributed by atoms with van der Waals surface area (Å²) in [6.07, 6.45) is 0. The maximum Gasteiger partial charge on any atom is 0.246 e. The number of amides is 1. The average Bonchev–Trinajstić information content (AvgIpc) is 2.67. The van der Waals surface area contributed by atoms with Crippen LogP contribution in [-0.4, -0.2) is 15.7 Å². The van der Waals surface area contributed by atoms with Gasteiger partial charge in [-0.15, -0.1) is 0 Å². The second-order valence-corrected chi connectivity index (χ2v) is 5.00. The zero-order valence-electron chi connectivity index (χ0n) is 11.5. The lowest BCUT2D eigenvalue weighted by Crippen LogP contribution is -2.20. The molecule has 1 aromatic heterocycles. The molecule has 0 aliphatic heterocycles. The molecular weight excluding hydrogens is 276 g/mol. The summed E-state index contributed by atoms with van der Waals surface area (Å²) >= 11 is 5.80. The van der Waals surface area contributed by atoms with Gasteiger partial charge >= 0.3 is 0 Å². The topological polar surface area (TPSA) is 72.9 Å². The van der Waals surface area contributed by atoms with Crippen LogP contribution in [0.3, 0.4) is 0 Å². The fourth-order valence-electron chi connectivity index (χ4n) is 2.05. The first-order valence-corrected chi connectivity index (χ1v) is 6.67. The number of nitrogens with one attached hydrogen (secondary N) is 1. The van der Waals surface area contributed by atoms with Crippen molar-refractivity contribution in [3.05, 3.63) is 46.2 Å². The van der Waals surface area contributed by atoms with Crippen molar-refractivity contribution in [1.29, 1.82) is 0 Å². The van der Waals surface area contributed by atoms with E-state index in [0.29, 0.717) is 17.3 Å². The number of benzene rings is 1. The van der Waals surface area contributed by atoms with Gasteiger partial charge in [-0.2, -0.15) is 5.10 Å². The number of nitrogens with two attached hydrogens (primary N) is 1. The van der Waals surface area contributed by atoms with Crippen molar-refractivity contribution in [1.82, 2.24) is 9.78 Å². The van der Waals surface area contributed by atoms with E-state index in [1.54, 1.807) is 28.9 Å². The first kappa shape index (κ1) is 14.6. The van der Waals surface area contributed by atoms with E-state index in [9.17, 15) is 4.79 Å². The Kier molecular flexibility index (Phi) is 4.42. The Labute approximate surface area is 122 Å².